The number of nitrogens with two attached hydrogens (primary N) is 1. The lowest BCUT2D eigenvalue weighted by Gasteiger charge is -2.18. The van der Waals surface area contributed by atoms with Gasteiger partial charge in [-0.05, 0) is 43.5 Å². The van der Waals surface area contributed by atoms with E-state index in [0.29, 0.717) is 23.6 Å². The standard InChI is InChI=1S/C13H19NO3S/c1-17-11-5-3-6-12(8-11)18(15,16)13-7-2-4-10(13)9-14/h3,5-6,8,10,13H,2,4,7,9,14H2,1H3. The third-order valence-electron chi connectivity index (χ3n) is 3.66. The Morgan fingerprint density at radius 3 is 2.83 bits per heavy atom. The van der Waals surface area contributed by atoms with Crippen LogP contribution in [0.1, 0.15) is 19.3 Å². The molecule has 1 aromatic carbocycles. The number of benzene rings is 1. The van der Waals surface area contributed by atoms with Gasteiger partial charge in [-0.3, -0.25) is 0 Å². The molecule has 5 heteroatoms. The van der Waals surface area contributed by atoms with Crippen LogP contribution in [0.15, 0.2) is 29.2 Å². The first-order chi connectivity index (χ1) is 8.59. The van der Waals surface area contributed by atoms with Crippen molar-refractivity contribution in [1.29, 1.82) is 0 Å². The van der Waals surface area contributed by atoms with Gasteiger partial charge in [0.15, 0.2) is 9.84 Å². The van der Waals surface area contributed by atoms with Crippen LogP contribution >= 0.6 is 0 Å². The minimum atomic E-state index is -3.29. The second-order valence-electron chi connectivity index (χ2n) is 4.69. The summed E-state index contributed by atoms with van der Waals surface area (Å²) in [7, 11) is -1.76. The van der Waals surface area contributed by atoms with E-state index in [4.69, 9.17) is 10.5 Å². The van der Waals surface area contributed by atoms with Gasteiger partial charge in [-0.2, -0.15) is 0 Å². The molecule has 1 aliphatic rings. The predicted molar refractivity (Wildman–Crippen MR) is 70.4 cm³/mol. The third-order valence-corrected chi connectivity index (χ3v) is 5.99. The first-order valence-corrected chi connectivity index (χ1v) is 7.72. The molecule has 1 fully saturated rings. The quantitative estimate of drug-likeness (QED) is 0.901. The molecule has 2 unspecified atom stereocenters. The second kappa shape index (κ2) is 5.28. The highest BCUT2D eigenvalue weighted by atomic mass is 32.2. The summed E-state index contributed by atoms with van der Waals surface area (Å²) in [6.45, 7) is 0.438. The fraction of sp³-hybridized carbons (Fsp3) is 0.538. The number of sulfone groups is 1. The third kappa shape index (κ3) is 2.37. The number of rotatable bonds is 4. The van der Waals surface area contributed by atoms with Crippen LogP contribution in [-0.4, -0.2) is 27.3 Å². The molecule has 2 atom stereocenters. The van der Waals surface area contributed by atoms with Crippen molar-refractivity contribution < 1.29 is 13.2 Å². The topological polar surface area (TPSA) is 69.4 Å². The molecule has 0 saturated heterocycles. The zero-order chi connectivity index (χ0) is 13.2. The van der Waals surface area contributed by atoms with Crippen LogP contribution in [0.5, 0.6) is 5.75 Å². The van der Waals surface area contributed by atoms with Crippen molar-refractivity contribution >= 4 is 9.84 Å². The molecule has 0 aromatic heterocycles. The van der Waals surface area contributed by atoms with E-state index in [1.807, 2.05) is 0 Å². The van der Waals surface area contributed by atoms with Crippen LogP contribution in [0.4, 0.5) is 0 Å². The Bertz CT molecular complexity index is 513. The summed E-state index contributed by atoms with van der Waals surface area (Å²) in [5.74, 6) is 0.652. The zero-order valence-electron chi connectivity index (χ0n) is 10.5. The van der Waals surface area contributed by atoms with Crippen LogP contribution in [0.3, 0.4) is 0 Å². The smallest absolute Gasteiger partial charge is 0.181 e. The van der Waals surface area contributed by atoms with Gasteiger partial charge in [0.1, 0.15) is 5.75 Å². The molecule has 0 radical (unpaired) electrons. The summed E-state index contributed by atoms with van der Waals surface area (Å²) < 4.78 is 30.2. The molecular formula is C13H19NO3S. The summed E-state index contributed by atoms with van der Waals surface area (Å²) in [4.78, 5) is 0.340. The van der Waals surface area contributed by atoms with E-state index in [2.05, 4.69) is 0 Å². The SMILES string of the molecule is COc1cccc(S(=O)(=O)C2CCCC2CN)c1. The van der Waals surface area contributed by atoms with Crippen LogP contribution in [0.25, 0.3) is 0 Å². The van der Waals surface area contributed by atoms with Crippen LogP contribution in [0.2, 0.25) is 0 Å². The molecular weight excluding hydrogens is 250 g/mol. The Balaban J connectivity index is 2.35. The van der Waals surface area contributed by atoms with E-state index in [1.165, 1.54) is 7.11 Å². The molecule has 0 heterocycles. The Morgan fingerprint density at radius 1 is 1.39 bits per heavy atom. The lowest BCUT2D eigenvalue weighted by Crippen LogP contribution is -2.30. The molecule has 1 aliphatic carbocycles. The van der Waals surface area contributed by atoms with Crippen LogP contribution in [-0.2, 0) is 9.84 Å². The van der Waals surface area contributed by atoms with E-state index in [0.717, 1.165) is 12.8 Å². The van der Waals surface area contributed by atoms with Gasteiger partial charge in [0.2, 0.25) is 0 Å². The zero-order valence-corrected chi connectivity index (χ0v) is 11.3. The lowest BCUT2D eigenvalue weighted by molar-refractivity contribution is 0.413. The lowest BCUT2D eigenvalue weighted by atomic mass is 10.1. The first kappa shape index (κ1) is 13.4. The van der Waals surface area contributed by atoms with Gasteiger partial charge < -0.3 is 10.5 Å². The van der Waals surface area contributed by atoms with E-state index in [9.17, 15) is 8.42 Å². The maximum absolute atomic E-state index is 12.6. The molecule has 100 valence electrons. The summed E-state index contributed by atoms with van der Waals surface area (Å²) in [5.41, 5.74) is 5.67. The molecule has 1 aromatic rings. The molecule has 2 N–H and O–H groups in total. The van der Waals surface area contributed by atoms with Crippen LogP contribution in [0, 0.1) is 5.92 Å². The second-order valence-corrected chi connectivity index (χ2v) is 6.86. The molecule has 4 nitrogen and oxygen atoms in total. The first-order valence-electron chi connectivity index (χ1n) is 6.17. The average Bonchev–Trinajstić information content (AvgIpc) is 2.88. The van der Waals surface area contributed by atoms with Crippen molar-refractivity contribution in [2.45, 2.75) is 29.4 Å². The van der Waals surface area contributed by atoms with Gasteiger partial charge in [0.25, 0.3) is 0 Å². The molecule has 2 rings (SSSR count). The highest BCUT2D eigenvalue weighted by molar-refractivity contribution is 7.92. The maximum Gasteiger partial charge on any atom is 0.181 e. The van der Waals surface area contributed by atoms with E-state index in [-0.39, 0.29) is 11.2 Å². The van der Waals surface area contributed by atoms with Crippen molar-refractivity contribution in [3.8, 4) is 5.75 Å². The van der Waals surface area contributed by atoms with Crippen LogP contribution < -0.4 is 10.5 Å². The van der Waals surface area contributed by atoms with Gasteiger partial charge in [0, 0.05) is 0 Å². The molecule has 18 heavy (non-hydrogen) atoms. The normalized spacial score (nSPS) is 24.1. The van der Waals surface area contributed by atoms with Crippen molar-refractivity contribution in [2.75, 3.05) is 13.7 Å². The number of hydrogen-bond acceptors (Lipinski definition) is 4. The minimum Gasteiger partial charge on any atom is -0.497 e. The summed E-state index contributed by atoms with van der Waals surface area (Å²) in [6.07, 6.45) is 2.56. The summed E-state index contributed by atoms with van der Waals surface area (Å²) in [5, 5.41) is -0.338. The van der Waals surface area contributed by atoms with Crippen molar-refractivity contribution in [3.63, 3.8) is 0 Å². The number of methoxy groups -OCH3 is 1. The van der Waals surface area contributed by atoms with E-state index < -0.39 is 9.84 Å². The van der Waals surface area contributed by atoms with Gasteiger partial charge in [0.05, 0.1) is 17.3 Å². The van der Waals surface area contributed by atoms with Crippen molar-refractivity contribution in [3.05, 3.63) is 24.3 Å². The molecule has 0 aliphatic heterocycles. The van der Waals surface area contributed by atoms with Gasteiger partial charge >= 0.3 is 0 Å². The van der Waals surface area contributed by atoms with Gasteiger partial charge in [-0.25, -0.2) is 8.42 Å². The van der Waals surface area contributed by atoms with Crippen molar-refractivity contribution in [2.24, 2.45) is 11.7 Å². The number of ether oxygens (including phenoxy) is 1. The number of hydrogen-bond donors (Lipinski definition) is 1. The Morgan fingerprint density at radius 2 is 2.17 bits per heavy atom. The van der Waals surface area contributed by atoms with E-state index >= 15 is 0 Å². The molecule has 0 spiro atoms. The highest BCUT2D eigenvalue weighted by Gasteiger charge is 2.37. The molecule has 0 amide bonds. The highest BCUT2D eigenvalue weighted by Crippen LogP contribution is 2.34. The van der Waals surface area contributed by atoms with Crippen molar-refractivity contribution in [1.82, 2.24) is 0 Å². The maximum atomic E-state index is 12.6. The Kier molecular flexibility index (Phi) is 3.92. The average molecular weight is 269 g/mol. The fourth-order valence-corrected chi connectivity index (χ4v) is 4.76. The molecule has 0 bridgehead atoms. The molecule has 1 saturated carbocycles. The van der Waals surface area contributed by atoms with Gasteiger partial charge in [-0.15, -0.1) is 0 Å². The fourth-order valence-electron chi connectivity index (χ4n) is 2.63. The van der Waals surface area contributed by atoms with E-state index in [1.54, 1.807) is 24.3 Å². The Hall–Kier alpha value is -1.07. The predicted octanol–water partition coefficient (Wildman–Crippen LogP) is 1.60. The summed E-state index contributed by atoms with van der Waals surface area (Å²) >= 11 is 0. The Labute approximate surface area is 108 Å². The monoisotopic (exact) mass is 269 g/mol. The summed E-state index contributed by atoms with van der Waals surface area (Å²) in [6, 6.07) is 6.66. The largest absolute Gasteiger partial charge is 0.497 e. The minimum absolute atomic E-state index is 0.0844. The van der Waals surface area contributed by atoms with Gasteiger partial charge in [-0.1, -0.05) is 12.5 Å².